The minimum atomic E-state index is -0.769. The minimum Gasteiger partial charge on any atom is -0.504 e. The van der Waals surface area contributed by atoms with Gasteiger partial charge in [0, 0.05) is 0 Å². The van der Waals surface area contributed by atoms with Crippen molar-refractivity contribution in [1.29, 1.82) is 0 Å². The quantitative estimate of drug-likeness (QED) is 0.692. The maximum absolute atomic E-state index is 9.31. The van der Waals surface area contributed by atoms with E-state index in [1.54, 1.807) is 18.2 Å². The van der Waals surface area contributed by atoms with Crippen molar-refractivity contribution in [2.45, 2.75) is 6.29 Å². The van der Waals surface area contributed by atoms with Gasteiger partial charge in [0.05, 0.1) is 7.11 Å². The molecule has 1 atom stereocenters. The summed E-state index contributed by atoms with van der Waals surface area (Å²) in [5, 5.41) is 18.2. The first-order chi connectivity index (χ1) is 6.70. The molecule has 0 radical (unpaired) electrons. The van der Waals surface area contributed by atoms with Gasteiger partial charge >= 0.3 is 0 Å². The number of methoxy groups -OCH3 is 1. The Morgan fingerprint density at radius 1 is 1.50 bits per heavy atom. The van der Waals surface area contributed by atoms with Crippen LogP contribution >= 0.6 is 0 Å². The molecule has 0 aromatic heterocycles. The number of phenols is 1. The number of benzene rings is 1. The van der Waals surface area contributed by atoms with Crippen LogP contribution in [0.1, 0.15) is 5.56 Å². The average molecular weight is 194 g/mol. The van der Waals surface area contributed by atoms with E-state index in [4.69, 9.17) is 14.6 Å². The summed E-state index contributed by atoms with van der Waals surface area (Å²) in [5.74, 6) is 1.01. The average Bonchev–Trinajstić information content (AvgIpc) is 2.85. The second kappa shape index (κ2) is 3.23. The maximum atomic E-state index is 9.31. The van der Waals surface area contributed by atoms with E-state index in [9.17, 15) is 5.11 Å². The zero-order chi connectivity index (χ0) is 10.1. The molecule has 1 aromatic rings. The van der Waals surface area contributed by atoms with Gasteiger partial charge in [0.25, 0.3) is 6.29 Å². The molecule has 0 bridgehead atoms. The molecule has 1 aliphatic rings. The molecule has 0 saturated carbocycles. The molecule has 4 heteroatoms. The highest BCUT2D eigenvalue weighted by Crippen LogP contribution is 2.30. The predicted molar refractivity (Wildman–Crippen MR) is 49.7 cm³/mol. The largest absolute Gasteiger partial charge is 0.504 e. The van der Waals surface area contributed by atoms with Crippen molar-refractivity contribution in [2.75, 3.05) is 7.11 Å². The van der Waals surface area contributed by atoms with Gasteiger partial charge in [-0.15, -0.1) is 0 Å². The lowest BCUT2D eigenvalue weighted by atomic mass is 10.2. The molecule has 1 unspecified atom stereocenters. The SMILES string of the molecule is COc1cc(/C=C2\OC2O)ccc1O. The fourth-order valence-corrected chi connectivity index (χ4v) is 1.15. The molecule has 0 spiro atoms. The van der Waals surface area contributed by atoms with E-state index in [1.165, 1.54) is 13.2 Å². The first-order valence-corrected chi connectivity index (χ1v) is 4.14. The van der Waals surface area contributed by atoms with Crippen LogP contribution in [0.4, 0.5) is 0 Å². The van der Waals surface area contributed by atoms with Crippen LogP contribution in [0.5, 0.6) is 11.5 Å². The van der Waals surface area contributed by atoms with Gasteiger partial charge in [0.15, 0.2) is 17.3 Å². The molecule has 1 aliphatic heterocycles. The lowest BCUT2D eigenvalue weighted by Gasteiger charge is -2.02. The van der Waals surface area contributed by atoms with Crippen LogP contribution in [-0.4, -0.2) is 23.6 Å². The highest BCUT2D eigenvalue weighted by atomic mass is 16.7. The van der Waals surface area contributed by atoms with Crippen LogP contribution in [0, 0.1) is 0 Å². The Balaban J connectivity index is 2.27. The van der Waals surface area contributed by atoms with Gasteiger partial charge < -0.3 is 19.7 Å². The number of aliphatic hydroxyl groups is 1. The van der Waals surface area contributed by atoms with E-state index >= 15 is 0 Å². The number of rotatable bonds is 2. The zero-order valence-corrected chi connectivity index (χ0v) is 7.60. The normalized spacial score (nSPS) is 21.9. The lowest BCUT2D eigenvalue weighted by Crippen LogP contribution is -1.84. The van der Waals surface area contributed by atoms with E-state index in [0.717, 1.165) is 5.56 Å². The Morgan fingerprint density at radius 3 is 2.79 bits per heavy atom. The fraction of sp³-hybridized carbons (Fsp3) is 0.200. The van der Waals surface area contributed by atoms with Gasteiger partial charge in [-0.2, -0.15) is 0 Å². The third-order valence-corrected chi connectivity index (χ3v) is 1.95. The highest BCUT2D eigenvalue weighted by molar-refractivity contribution is 5.58. The Morgan fingerprint density at radius 2 is 2.21 bits per heavy atom. The van der Waals surface area contributed by atoms with Gasteiger partial charge in [-0.05, 0) is 23.8 Å². The van der Waals surface area contributed by atoms with Crippen LogP contribution in [0.3, 0.4) is 0 Å². The molecule has 1 saturated heterocycles. The smallest absolute Gasteiger partial charge is 0.256 e. The van der Waals surface area contributed by atoms with Crippen molar-refractivity contribution in [2.24, 2.45) is 0 Å². The Hall–Kier alpha value is -1.68. The van der Waals surface area contributed by atoms with Crippen LogP contribution in [0.25, 0.3) is 6.08 Å². The van der Waals surface area contributed by atoms with E-state index < -0.39 is 6.29 Å². The number of aromatic hydroxyl groups is 1. The summed E-state index contributed by atoms with van der Waals surface area (Å²) in [7, 11) is 1.48. The van der Waals surface area contributed by atoms with Crippen molar-refractivity contribution in [3.05, 3.63) is 29.5 Å². The van der Waals surface area contributed by atoms with Crippen molar-refractivity contribution < 1.29 is 19.7 Å². The van der Waals surface area contributed by atoms with E-state index in [1.807, 2.05) is 0 Å². The summed E-state index contributed by atoms with van der Waals surface area (Å²) in [6.45, 7) is 0. The first kappa shape index (κ1) is 8.90. The summed E-state index contributed by atoms with van der Waals surface area (Å²) >= 11 is 0. The molecule has 74 valence electrons. The molecular weight excluding hydrogens is 184 g/mol. The molecule has 1 fully saturated rings. The zero-order valence-electron chi connectivity index (χ0n) is 7.60. The number of phenolic OH excluding ortho intramolecular Hbond substituents is 1. The summed E-state index contributed by atoms with van der Waals surface area (Å²) in [4.78, 5) is 0. The Bertz CT molecular complexity index is 384. The summed E-state index contributed by atoms with van der Waals surface area (Å²) in [6, 6.07) is 4.90. The molecule has 2 N–H and O–H groups in total. The predicted octanol–water partition coefficient (Wildman–Crippen LogP) is 1.09. The van der Waals surface area contributed by atoms with Gasteiger partial charge in [-0.3, -0.25) is 0 Å². The molecule has 1 aromatic carbocycles. The second-order valence-electron chi connectivity index (χ2n) is 2.95. The third-order valence-electron chi connectivity index (χ3n) is 1.95. The molecule has 4 nitrogen and oxygen atoms in total. The van der Waals surface area contributed by atoms with Crippen LogP contribution in [-0.2, 0) is 4.74 Å². The molecule has 0 aliphatic carbocycles. The van der Waals surface area contributed by atoms with Gasteiger partial charge in [0.2, 0.25) is 0 Å². The Labute approximate surface area is 81.0 Å². The maximum Gasteiger partial charge on any atom is 0.256 e. The van der Waals surface area contributed by atoms with Gasteiger partial charge in [-0.1, -0.05) is 6.07 Å². The third kappa shape index (κ3) is 1.65. The molecule has 1 heterocycles. The van der Waals surface area contributed by atoms with E-state index in [-0.39, 0.29) is 5.75 Å². The Kier molecular flexibility index (Phi) is 2.05. The highest BCUT2D eigenvalue weighted by Gasteiger charge is 2.29. The van der Waals surface area contributed by atoms with Crippen molar-refractivity contribution in [3.63, 3.8) is 0 Å². The van der Waals surface area contributed by atoms with Crippen molar-refractivity contribution >= 4 is 6.08 Å². The van der Waals surface area contributed by atoms with Crippen molar-refractivity contribution in [3.8, 4) is 11.5 Å². The topological polar surface area (TPSA) is 62.2 Å². The van der Waals surface area contributed by atoms with Crippen molar-refractivity contribution in [1.82, 2.24) is 0 Å². The molecule has 14 heavy (non-hydrogen) atoms. The number of aliphatic hydroxyl groups excluding tert-OH is 1. The molecular formula is C10H10O4. The fourth-order valence-electron chi connectivity index (χ4n) is 1.15. The first-order valence-electron chi connectivity index (χ1n) is 4.14. The van der Waals surface area contributed by atoms with E-state index in [2.05, 4.69) is 0 Å². The number of ether oxygens (including phenoxy) is 2. The lowest BCUT2D eigenvalue weighted by molar-refractivity contribution is 0.156. The van der Waals surface area contributed by atoms with Crippen LogP contribution < -0.4 is 4.74 Å². The van der Waals surface area contributed by atoms with Gasteiger partial charge in [-0.25, -0.2) is 0 Å². The summed E-state index contributed by atoms with van der Waals surface area (Å²) in [6.07, 6.45) is 0.918. The molecule has 0 amide bonds. The number of epoxide rings is 1. The van der Waals surface area contributed by atoms with E-state index in [0.29, 0.717) is 11.5 Å². The second-order valence-corrected chi connectivity index (χ2v) is 2.95. The standard InChI is InChI=1S/C10H10O4/c1-13-8-4-6(2-3-7(8)11)5-9-10(12)14-9/h2-5,10-12H,1H3/b9-5-. The monoisotopic (exact) mass is 194 g/mol. The number of hydrogen-bond acceptors (Lipinski definition) is 4. The number of hydrogen-bond donors (Lipinski definition) is 2. The summed E-state index contributed by atoms with van der Waals surface area (Å²) < 4.78 is 9.67. The van der Waals surface area contributed by atoms with Gasteiger partial charge in [0.1, 0.15) is 0 Å². The van der Waals surface area contributed by atoms with Crippen LogP contribution in [0.15, 0.2) is 24.0 Å². The molecule has 2 rings (SSSR count). The minimum absolute atomic E-state index is 0.0897. The van der Waals surface area contributed by atoms with Crippen LogP contribution in [0.2, 0.25) is 0 Å². The summed E-state index contributed by atoms with van der Waals surface area (Å²) in [5.41, 5.74) is 0.811.